The number of nitrogens with zero attached hydrogens (tertiary/aromatic N) is 1. The van der Waals surface area contributed by atoms with Crippen molar-refractivity contribution in [3.8, 4) is 5.75 Å². The van der Waals surface area contributed by atoms with Crippen LogP contribution < -0.4 is 5.56 Å². The largest absolute Gasteiger partial charge is 0.507 e. The second-order valence-corrected chi connectivity index (χ2v) is 7.57. The molecule has 2 aliphatic rings. The molecule has 0 saturated heterocycles. The van der Waals surface area contributed by atoms with Crippen LogP contribution >= 0.6 is 0 Å². The van der Waals surface area contributed by atoms with Crippen molar-refractivity contribution >= 4 is 16.3 Å². The first kappa shape index (κ1) is 14.3. The van der Waals surface area contributed by atoms with Gasteiger partial charge in [-0.2, -0.15) is 0 Å². The Balaban J connectivity index is 1.91. The molecule has 5 rings (SSSR count). The number of pyridine rings is 1. The maximum Gasteiger partial charge on any atom is 0.262 e. The number of hydrogen-bond donors (Lipinski definition) is 1. The van der Waals surface area contributed by atoms with Gasteiger partial charge < -0.3 is 5.11 Å². The highest BCUT2D eigenvalue weighted by Gasteiger charge is 2.29. The molecule has 0 radical (unpaired) electrons. The summed E-state index contributed by atoms with van der Waals surface area (Å²) < 4.78 is 1.96. The van der Waals surface area contributed by atoms with Crippen LogP contribution in [-0.2, 0) is 12.8 Å². The summed E-state index contributed by atoms with van der Waals surface area (Å²) in [5.74, 6) is 0.469. The molecule has 3 aromatic rings. The third kappa shape index (κ3) is 1.81. The van der Waals surface area contributed by atoms with Gasteiger partial charge in [-0.05, 0) is 56.1 Å². The van der Waals surface area contributed by atoms with Gasteiger partial charge in [0.25, 0.3) is 5.56 Å². The highest BCUT2D eigenvalue weighted by molar-refractivity contribution is 6.02. The van der Waals surface area contributed by atoms with Crippen molar-refractivity contribution in [2.45, 2.75) is 63.7 Å². The summed E-state index contributed by atoms with van der Waals surface area (Å²) in [5, 5.41) is 13.0. The van der Waals surface area contributed by atoms with Gasteiger partial charge in [0.2, 0.25) is 0 Å². The van der Waals surface area contributed by atoms with Crippen LogP contribution in [-0.4, -0.2) is 9.51 Å². The molecule has 3 heteroatoms. The summed E-state index contributed by atoms with van der Waals surface area (Å²) in [5.41, 5.74) is 4.22. The zero-order valence-corrected chi connectivity index (χ0v) is 14.0. The predicted molar refractivity (Wildman–Crippen MR) is 96.5 cm³/mol. The summed E-state index contributed by atoms with van der Waals surface area (Å²) >= 11 is 0. The Hall–Kier alpha value is -2.03. The molecule has 24 heavy (non-hydrogen) atoms. The Morgan fingerprint density at radius 2 is 1.71 bits per heavy atom. The van der Waals surface area contributed by atoms with Crippen LogP contribution in [0.4, 0.5) is 0 Å². The third-order valence-corrected chi connectivity index (χ3v) is 6.25. The number of benzene rings is 1. The summed E-state index contributed by atoms with van der Waals surface area (Å²) in [7, 11) is 0. The lowest BCUT2D eigenvalue weighted by Gasteiger charge is -2.23. The van der Waals surface area contributed by atoms with Crippen molar-refractivity contribution in [1.82, 2.24) is 4.40 Å². The molecular formula is C21H23NO2. The summed E-state index contributed by atoms with van der Waals surface area (Å²) in [6, 6.07) is 6.13. The van der Waals surface area contributed by atoms with Gasteiger partial charge in [0.1, 0.15) is 5.75 Å². The van der Waals surface area contributed by atoms with Crippen LogP contribution in [0, 0.1) is 0 Å². The van der Waals surface area contributed by atoms with Crippen LogP contribution in [0.15, 0.2) is 23.0 Å². The highest BCUT2D eigenvalue weighted by atomic mass is 16.3. The Kier molecular flexibility index (Phi) is 3.12. The Morgan fingerprint density at radius 3 is 2.54 bits per heavy atom. The monoisotopic (exact) mass is 321 g/mol. The molecule has 0 aliphatic heterocycles. The van der Waals surface area contributed by atoms with Crippen LogP contribution in [0.5, 0.6) is 5.75 Å². The minimum absolute atomic E-state index is 0.0475. The summed E-state index contributed by atoms with van der Waals surface area (Å²) in [6.07, 6.45) is 10.0. The van der Waals surface area contributed by atoms with Gasteiger partial charge in [0.15, 0.2) is 0 Å². The van der Waals surface area contributed by atoms with E-state index in [9.17, 15) is 9.90 Å². The summed E-state index contributed by atoms with van der Waals surface area (Å²) in [6.45, 7) is 0. The average Bonchev–Trinajstić information content (AvgIpc) is 2.96. The molecule has 1 N–H and O–H groups in total. The molecule has 2 heterocycles. The van der Waals surface area contributed by atoms with Crippen molar-refractivity contribution in [2.75, 3.05) is 0 Å². The number of hydrogen-bond acceptors (Lipinski definition) is 2. The highest BCUT2D eigenvalue weighted by Crippen LogP contribution is 2.41. The van der Waals surface area contributed by atoms with Crippen molar-refractivity contribution in [3.63, 3.8) is 0 Å². The molecule has 1 saturated carbocycles. The van der Waals surface area contributed by atoms with E-state index in [1.807, 2.05) is 16.5 Å². The lowest BCUT2D eigenvalue weighted by molar-refractivity contribution is 0.413. The molecule has 3 nitrogen and oxygen atoms in total. The zero-order chi connectivity index (χ0) is 16.3. The minimum atomic E-state index is 0.0475. The number of para-hydroxylation sites is 1. The SMILES string of the molecule is O=c1c(C2CCCCC2)c(O)c2cccc3c4c(n1c23)CCCC4. The Labute approximate surface area is 141 Å². The van der Waals surface area contributed by atoms with E-state index in [0.29, 0.717) is 5.56 Å². The number of fused-ring (bicyclic) bond motifs is 3. The second-order valence-electron chi connectivity index (χ2n) is 7.57. The fraction of sp³-hybridized carbons (Fsp3) is 0.476. The van der Waals surface area contributed by atoms with Gasteiger partial charge in [-0.1, -0.05) is 31.4 Å². The van der Waals surface area contributed by atoms with E-state index in [4.69, 9.17) is 0 Å². The van der Waals surface area contributed by atoms with Crippen molar-refractivity contribution in [1.29, 1.82) is 0 Å². The minimum Gasteiger partial charge on any atom is -0.507 e. The molecular weight excluding hydrogens is 298 g/mol. The Morgan fingerprint density at radius 1 is 0.958 bits per heavy atom. The van der Waals surface area contributed by atoms with Crippen LogP contribution in [0.2, 0.25) is 0 Å². The van der Waals surface area contributed by atoms with Gasteiger partial charge in [-0.3, -0.25) is 9.20 Å². The first-order chi connectivity index (χ1) is 11.8. The molecule has 0 unspecified atom stereocenters. The average molecular weight is 321 g/mol. The second kappa shape index (κ2) is 5.23. The first-order valence-corrected chi connectivity index (χ1v) is 9.40. The fourth-order valence-electron chi connectivity index (χ4n) is 5.13. The van der Waals surface area contributed by atoms with Gasteiger partial charge in [-0.15, -0.1) is 0 Å². The molecule has 2 aromatic heterocycles. The summed E-state index contributed by atoms with van der Waals surface area (Å²) in [4.78, 5) is 13.4. The lowest BCUT2D eigenvalue weighted by atomic mass is 9.83. The van der Waals surface area contributed by atoms with Crippen molar-refractivity contribution in [2.24, 2.45) is 0 Å². The number of aryl methyl sites for hydroxylation is 2. The predicted octanol–water partition coefficient (Wildman–Crippen LogP) is 4.52. The Bertz CT molecular complexity index is 979. The molecule has 1 aromatic carbocycles. The molecule has 0 amide bonds. The lowest BCUT2D eigenvalue weighted by Crippen LogP contribution is -2.24. The molecule has 0 atom stereocenters. The third-order valence-electron chi connectivity index (χ3n) is 6.25. The van der Waals surface area contributed by atoms with E-state index in [1.54, 1.807) is 0 Å². The fourth-order valence-corrected chi connectivity index (χ4v) is 5.13. The van der Waals surface area contributed by atoms with Gasteiger partial charge in [0.05, 0.1) is 11.1 Å². The maximum absolute atomic E-state index is 13.4. The molecule has 0 bridgehead atoms. The topological polar surface area (TPSA) is 41.7 Å². The van der Waals surface area contributed by atoms with E-state index in [2.05, 4.69) is 6.07 Å². The van der Waals surface area contributed by atoms with E-state index in [1.165, 1.54) is 29.5 Å². The van der Waals surface area contributed by atoms with Crippen molar-refractivity contribution < 1.29 is 5.11 Å². The number of aromatic nitrogens is 1. The van der Waals surface area contributed by atoms with Crippen LogP contribution in [0.25, 0.3) is 16.3 Å². The van der Waals surface area contributed by atoms with E-state index < -0.39 is 0 Å². The smallest absolute Gasteiger partial charge is 0.262 e. The van der Waals surface area contributed by atoms with E-state index in [0.717, 1.165) is 55.8 Å². The molecule has 1 fully saturated rings. The van der Waals surface area contributed by atoms with E-state index in [-0.39, 0.29) is 17.2 Å². The van der Waals surface area contributed by atoms with Gasteiger partial charge >= 0.3 is 0 Å². The van der Waals surface area contributed by atoms with Gasteiger partial charge in [-0.25, -0.2) is 0 Å². The normalized spacial score (nSPS) is 19.2. The maximum atomic E-state index is 13.4. The molecule has 124 valence electrons. The van der Waals surface area contributed by atoms with Crippen molar-refractivity contribution in [3.05, 3.63) is 45.4 Å². The van der Waals surface area contributed by atoms with Crippen LogP contribution in [0.1, 0.15) is 67.7 Å². The quantitative estimate of drug-likeness (QED) is 0.716. The first-order valence-electron chi connectivity index (χ1n) is 9.40. The standard InChI is InChI=1S/C21H23NO2/c23-20-16-11-6-10-15-14-9-4-5-12-17(14)22(19(15)16)21(24)18(20)13-7-2-1-3-8-13/h6,10-11,13,23H,1-5,7-9,12H2. The number of rotatable bonds is 1. The molecule has 0 spiro atoms. The van der Waals surface area contributed by atoms with E-state index >= 15 is 0 Å². The zero-order valence-electron chi connectivity index (χ0n) is 14.0. The molecule has 2 aliphatic carbocycles. The van der Waals surface area contributed by atoms with Crippen LogP contribution in [0.3, 0.4) is 0 Å². The number of aromatic hydroxyl groups is 1. The van der Waals surface area contributed by atoms with Gasteiger partial charge in [0, 0.05) is 16.5 Å².